The molecule has 1 rings (SSSR count). The summed E-state index contributed by atoms with van der Waals surface area (Å²) in [5.41, 5.74) is 4.32. The summed E-state index contributed by atoms with van der Waals surface area (Å²) in [6.45, 7) is 0.398. The number of carbonyl (C=O) groups is 3. The van der Waals surface area contributed by atoms with Gasteiger partial charge < -0.3 is 15.6 Å². The molecule has 0 bridgehead atoms. The van der Waals surface area contributed by atoms with Crippen LogP contribution >= 0.6 is 0 Å². The van der Waals surface area contributed by atoms with E-state index in [9.17, 15) is 14.4 Å². The van der Waals surface area contributed by atoms with Gasteiger partial charge in [0.15, 0.2) is 0 Å². The first-order chi connectivity index (χ1) is 7.87. The summed E-state index contributed by atoms with van der Waals surface area (Å²) in [4.78, 5) is 34.5. The van der Waals surface area contributed by atoms with Crippen LogP contribution in [0.5, 0.6) is 0 Å². The third kappa shape index (κ3) is 3.40. The maximum atomic E-state index is 11.3. The maximum absolute atomic E-state index is 11.3. The number of nitrogens with one attached hydrogen (secondary N) is 1. The van der Waals surface area contributed by atoms with Gasteiger partial charge in [-0.15, -0.1) is 0 Å². The highest BCUT2D eigenvalue weighted by Gasteiger charge is 2.41. The van der Waals surface area contributed by atoms with Gasteiger partial charge in [0.05, 0.1) is 13.7 Å². The average Bonchev–Trinajstić information content (AvgIpc) is 2.61. The summed E-state index contributed by atoms with van der Waals surface area (Å²) < 4.78 is 4.26. The zero-order valence-electron chi connectivity index (χ0n) is 9.43. The van der Waals surface area contributed by atoms with Crippen LogP contribution in [0.15, 0.2) is 0 Å². The molecule has 1 atom stereocenters. The summed E-state index contributed by atoms with van der Waals surface area (Å²) in [7, 11) is 1.15. The van der Waals surface area contributed by atoms with Crippen molar-refractivity contribution in [1.29, 1.82) is 0 Å². The van der Waals surface area contributed by atoms with E-state index in [1.54, 1.807) is 4.90 Å². The molecule has 2 amide bonds. The Labute approximate surface area is 97.7 Å². The molecule has 1 unspecified atom stereocenters. The minimum Gasteiger partial charge on any atom is -0.480 e. The van der Waals surface area contributed by atoms with Crippen molar-refractivity contribution in [3.05, 3.63) is 0 Å². The van der Waals surface area contributed by atoms with E-state index in [0.717, 1.165) is 7.11 Å². The van der Waals surface area contributed by atoms with Gasteiger partial charge in [-0.05, 0) is 6.42 Å². The monoisotopic (exact) mass is 245 g/mol. The lowest BCUT2D eigenvalue weighted by atomic mass is 10.0. The van der Waals surface area contributed by atoms with E-state index in [-0.39, 0.29) is 19.5 Å². The molecule has 0 radical (unpaired) electrons. The number of imide groups is 1. The predicted octanol–water partition coefficient (Wildman–Crippen LogP) is -1.64. The van der Waals surface area contributed by atoms with Crippen molar-refractivity contribution < 1.29 is 24.2 Å². The first-order valence-corrected chi connectivity index (χ1v) is 5.00. The van der Waals surface area contributed by atoms with Gasteiger partial charge in [-0.2, -0.15) is 0 Å². The van der Waals surface area contributed by atoms with Crippen LogP contribution in [0.1, 0.15) is 6.42 Å². The molecule has 17 heavy (non-hydrogen) atoms. The highest BCUT2D eigenvalue weighted by Crippen LogP contribution is 2.18. The molecule has 0 aromatic heterocycles. The van der Waals surface area contributed by atoms with E-state index in [0.29, 0.717) is 6.54 Å². The second-order valence-electron chi connectivity index (χ2n) is 3.96. The molecule has 1 heterocycles. The number of aliphatic carboxylic acids is 1. The zero-order chi connectivity index (χ0) is 13.1. The van der Waals surface area contributed by atoms with E-state index >= 15 is 0 Å². The number of hydrogen-bond donors (Lipinski definition) is 3. The number of amides is 2. The maximum Gasteiger partial charge on any atom is 0.413 e. The number of carbonyl (C=O) groups excluding carboxylic acids is 2. The van der Waals surface area contributed by atoms with E-state index in [1.165, 1.54) is 0 Å². The fraction of sp³-hybridized carbons (Fsp3) is 0.667. The molecule has 4 N–H and O–H groups in total. The molecular weight excluding hydrogens is 230 g/mol. The van der Waals surface area contributed by atoms with Crippen molar-refractivity contribution in [2.24, 2.45) is 5.73 Å². The normalized spacial score (nSPS) is 24.4. The van der Waals surface area contributed by atoms with Crippen molar-refractivity contribution >= 4 is 18.0 Å². The van der Waals surface area contributed by atoms with Gasteiger partial charge in [0.2, 0.25) is 5.91 Å². The number of carboxylic acid groups (broad SMARTS) is 1. The van der Waals surface area contributed by atoms with E-state index in [1.807, 2.05) is 5.32 Å². The van der Waals surface area contributed by atoms with Crippen LogP contribution < -0.4 is 11.1 Å². The number of nitrogens with two attached hydrogens (primary N) is 1. The molecule has 0 aromatic carbocycles. The lowest BCUT2D eigenvalue weighted by Gasteiger charge is -2.19. The Kier molecular flexibility index (Phi) is 4.02. The summed E-state index contributed by atoms with van der Waals surface area (Å²) in [5.74, 6) is -1.64. The number of hydrogen-bond acceptors (Lipinski definition) is 6. The lowest BCUT2D eigenvalue weighted by Crippen LogP contribution is -2.51. The van der Waals surface area contributed by atoms with Gasteiger partial charge >= 0.3 is 12.1 Å². The molecule has 96 valence electrons. The molecule has 8 heteroatoms. The first-order valence-electron chi connectivity index (χ1n) is 5.00. The summed E-state index contributed by atoms with van der Waals surface area (Å²) in [6.07, 6.45) is -0.570. The molecule has 0 spiro atoms. The van der Waals surface area contributed by atoms with Crippen LogP contribution in [0.2, 0.25) is 0 Å². The lowest BCUT2D eigenvalue weighted by molar-refractivity contribution is -0.143. The Morgan fingerprint density at radius 2 is 2.18 bits per heavy atom. The van der Waals surface area contributed by atoms with E-state index in [4.69, 9.17) is 10.8 Å². The number of alkyl carbamates (subject to hydrolysis) is 1. The molecular formula is C9H15N3O5. The summed E-state index contributed by atoms with van der Waals surface area (Å²) >= 11 is 0. The van der Waals surface area contributed by atoms with Crippen LogP contribution in [0.3, 0.4) is 0 Å². The highest BCUT2D eigenvalue weighted by atomic mass is 16.5. The van der Waals surface area contributed by atoms with Crippen molar-refractivity contribution in [3.63, 3.8) is 0 Å². The first kappa shape index (κ1) is 13.4. The molecule has 1 fully saturated rings. The predicted molar refractivity (Wildman–Crippen MR) is 56.2 cm³/mol. The number of rotatable bonds is 3. The fourth-order valence-electron chi connectivity index (χ4n) is 1.63. The Morgan fingerprint density at radius 1 is 1.53 bits per heavy atom. The second kappa shape index (κ2) is 5.11. The minimum absolute atomic E-state index is 0.0803. The summed E-state index contributed by atoms with van der Waals surface area (Å²) in [5, 5.41) is 10.9. The Hall–Kier alpha value is -1.67. The van der Waals surface area contributed by atoms with Crippen LogP contribution in [0, 0.1) is 0 Å². The van der Waals surface area contributed by atoms with Crippen LogP contribution in [-0.4, -0.2) is 60.3 Å². The molecule has 8 nitrogen and oxygen atoms in total. The molecule has 0 aliphatic carbocycles. The van der Waals surface area contributed by atoms with Crippen molar-refractivity contribution in [2.45, 2.75) is 12.0 Å². The highest BCUT2D eigenvalue weighted by molar-refractivity contribution is 5.92. The minimum atomic E-state index is -1.31. The molecule has 1 aliphatic rings. The number of nitrogens with zero attached hydrogens (tertiary/aromatic N) is 1. The topological polar surface area (TPSA) is 122 Å². The largest absolute Gasteiger partial charge is 0.480 e. The van der Waals surface area contributed by atoms with Gasteiger partial charge in [0, 0.05) is 13.1 Å². The van der Waals surface area contributed by atoms with Gasteiger partial charge in [-0.1, -0.05) is 0 Å². The van der Waals surface area contributed by atoms with Crippen molar-refractivity contribution in [2.75, 3.05) is 26.7 Å². The number of methoxy groups -OCH3 is 1. The van der Waals surface area contributed by atoms with E-state index < -0.39 is 23.5 Å². The molecule has 1 saturated heterocycles. The quantitative estimate of drug-likeness (QED) is 0.544. The van der Waals surface area contributed by atoms with Crippen molar-refractivity contribution in [1.82, 2.24) is 10.2 Å². The van der Waals surface area contributed by atoms with Crippen LogP contribution in [0.25, 0.3) is 0 Å². The van der Waals surface area contributed by atoms with Gasteiger partial charge in [0.25, 0.3) is 0 Å². The Morgan fingerprint density at radius 3 is 2.65 bits per heavy atom. The second-order valence-corrected chi connectivity index (χ2v) is 3.96. The van der Waals surface area contributed by atoms with Crippen LogP contribution in [0.4, 0.5) is 4.79 Å². The zero-order valence-corrected chi connectivity index (χ0v) is 9.43. The Bertz CT molecular complexity index is 346. The smallest absolute Gasteiger partial charge is 0.413 e. The number of carboxylic acids is 1. The van der Waals surface area contributed by atoms with Crippen molar-refractivity contribution in [3.8, 4) is 0 Å². The molecule has 0 aromatic rings. The standard InChI is InChI=1S/C9H15N3O5/c1-17-8(16)11-6(13)4-12-3-2-9(10,5-12)7(14)15/h2-5,10H2,1H3,(H,14,15)(H,11,13,16). The van der Waals surface area contributed by atoms with Gasteiger partial charge in [-0.25, -0.2) is 4.79 Å². The van der Waals surface area contributed by atoms with E-state index in [2.05, 4.69) is 4.74 Å². The third-order valence-corrected chi connectivity index (χ3v) is 2.60. The number of ether oxygens (including phenoxy) is 1. The Balaban J connectivity index is 2.43. The fourth-order valence-corrected chi connectivity index (χ4v) is 1.63. The van der Waals surface area contributed by atoms with Gasteiger partial charge in [0.1, 0.15) is 5.54 Å². The number of likely N-dealkylation sites (tertiary alicyclic amines) is 1. The molecule has 1 aliphatic heterocycles. The SMILES string of the molecule is COC(=O)NC(=O)CN1CCC(N)(C(=O)O)C1. The van der Waals surface area contributed by atoms with Crippen LogP contribution in [-0.2, 0) is 14.3 Å². The average molecular weight is 245 g/mol. The molecule has 0 saturated carbocycles. The summed E-state index contributed by atoms with van der Waals surface area (Å²) in [6, 6.07) is 0. The third-order valence-electron chi connectivity index (χ3n) is 2.60. The van der Waals surface area contributed by atoms with Gasteiger partial charge in [-0.3, -0.25) is 19.8 Å².